The van der Waals surface area contributed by atoms with E-state index in [9.17, 15) is 14.7 Å². The first-order valence-electron chi connectivity index (χ1n) is 11.9. The first-order chi connectivity index (χ1) is 18.5. The highest BCUT2D eigenvalue weighted by molar-refractivity contribution is 6.51. The molecule has 0 saturated carbocycles. The van der Waals surface area contributed by atoms with Crippen molar-refractivity contribution in [2.24, 2.45) is 0 Å². The average Bonchev–Trinajstić information content (AvgIpc) is 3.23. The summed E-state index contributed by atoms with van der Waals surface area (Å²) in [5.74, 6) is -0.852. The van der Waals surface area contributed by atoms with Gasteiger partial charge in [0.05, 0.1) is 23.7 Å². The summed E-state index contributed by atoms with van der Waals surface area (Å²) >= 11 is 6.16. The molecule has 1 aliphatic heterocycles. The fraction of sp³-hybridized carbons (Fsp3) is 0.0968. The van der Waals surface area contributed by atoms with E-state index in [4.69, 9.17) is 21.1 Å². The van der Waals surface area contributed by atoms with Crippen molar-refractivity contribution < 1.29 is 24.2 Å². The van der Waals surface area contributed by atoms with Crippen molar-refractivity contribution in [2.45, 2.75) is 12.6 Å². The van der Waals surface area contributed by atoms with Gasteiger partial charge in [-0.25, -0.2) is 0 Å². The molecule has 5 rings (SSSR count). The molecule has 38 heavy (non-hydrogen) atoms. The number of benzene rings is 4. The first-order valence-corrected chi connectivity index (χ1v) is 12.3. The smallest absolute Gasteiger partial charge is 0.300 e. The number of halogens is 1. The number of hydrogen-bond donors (Lipinski definition) is 1. The van der Waals surface area contributed by atoms with Gasteiger partial charge in [0.2, 0.25) is 0 Å². The molecule has 1 N–H and O–H groups in total. The summed E-state index contributed by atoms with van der Waals surface area (Å²) in [5, 5.41) is 11.7. The summed E-state index contributed by atoms with van der Waals surface area (Å²) in [4.78, 5) is 28.0. The van der Waals surface area contributed by atoms with E-state index >= 15 is 0 Å². The number of methoxy groups -OCH3 is 1. The first kappa shape index (κ1) is 25.1. The number of para-hydroxylation sites is 1. The van der Waals surface area contributed by atoms with E-state index in [2.05, 4.69) is 0 Å². The molecule has 1 fully saturated rings. The minimum Gasteiger partial charge on any atom is -0.507 e. The molecule has 4 aromatic carbocycles. The number of hydrogen-bond acceptors (Lipinski definition) is 5. The number of Topliss-reactive ketones (excluding diaryl/α,β-unsaturated/α-hetero) is 1. The minimum atomic E-state index is -0.859. The van der Waals surface area contributed by atoms with E-state index in [0.717, 1.165) is 5.56 Å². The summed E-state index contributed by atoms with van der Waals surface area (Å²) in [6, 6.07) is 29.7. The van der Waals surface area contributed by atoms with E-state index in [1.165, 1.54) is 18.1 Å². The third-order valence-electron chi connectivity index (χ3n) is 6.35. The lowest BCUT2D eigenvalue weighted by Crippen LogP contribution is -2.29. The average molecular weight is 526 g/mol. The molecule has 1 aliphatic rings. The summed E-state index contributed by atoms with van der Waals surface area (Å²) in [6.45, 7) is 0.404. The number of carbonyl (C=O) groups excluding carboxylic acids is 2. The predicted molar refractivity (Wildman–Crippen MR) is 146 cm³/mol. The van der Waals surface area contributed by atoms with Gasteiger partial charge in [0.15, 0.2) is 0 Å². The highest BCUT2D eigenvalue weighted by atomic mass is 35.5. The van der Waals surface area contributed by atoms with Crippen LogP contribution < -0.4 is 14.4 Å². The maximum atomic E-state index is 13.3. The van der Waals surface area contributed by atoms with Gasteiger partial charge in [-0.2, -0.15) is 0 Å². The fourth-order valence-corrected chi connectivity index (χ4v) is 4.65. The normalized spacial score (nSPS) is 16.5. The Morgan fingerprint density at radius 2 is 1.55 bits per heavy atom. The summed E-state index contributed by atoms with van der Waals surface area (Å²) in [5.41, 5.74) is 2.50. The Labute approximate surface area is 225 Å². The largest absolute Gasteiger partial charge is 0.507 e. The number of rotatable bonds is 7. The van der Waals surface area contributed by atoms with Crippen LogP contribution in [-0.2, 0) is 16.2 Å². The molecule has 0 spiro atoms. The molecule has 1 amide bonds. The molecule has 0 bridgehead atoms. The zero-order chi connectivity index (χ0) is 26.6. The van der Waals surface area contributed by atoms with E-state index in [1.807, 2.05) is 36.4 Å². The molecule has 7 heteroatoms. The Balaban J connectivity index is 1.56. The lowest BCUT2D eigenvalue weighted by molar-refractivity contribution is -0.132. The van der Waals surface area contributed by atoms with Gasteiger partial charge in [-0.15, -0.1) is 0 Å². The van der Waals surface area contributed by atoms with E-state index in [0.29, 0.717) is 39.9 Å². The Bertz CT molecular complexity index is 1500. The Hall–Kier alpha value is -4.55. The van der Waals surface area contributed by atoms with Crippen LogP contribution in [0.3, 0.4) is 0 Å². The van der Waals surface area contributed by atoms with E-state index < -0.39 is 17.7 Å². The van der Waals surface area contributed by atoms with Gasteiger partial charge in [-0.3, -0.25) is 14.5 Å². The molecule has 1 atom stereocenters. The summed E-state index contributed by atoms with van der Waals surface area (Å²) in [6.07, 6.45) is 0. The highest BCUT2D eigenvalue weighted by Gasteiger charge is 2.47. The van der Waals surface area contributed by atoms with Crippen LogP contribution in [0.25, 0.3) is 5.76 Å². The van der Waals surface area contributed by atoms with Crippen LogP contribution in [0.5, 0.6) is 11.5 Å². The molecule has 1 heterocycles. The lowest BCUT2D eigenvalue weighted by Gasteiger charge is -2.25. The van der Waals surface area contributed by atoms with Crippen LogP contribution in [0.15, 0.2) is 109 Å². The monoisotopic (exact) mass is 525 g/mol. The lowest BCUT2D eigenvalue weighted by atomic mass is 9.95. The number of ketones is 1. The van der Waals surface area contributed by atoms with Gasteiger partial charge < -0.3 is 14.6 Å². The maximum Gasteiger partial charge on any atom is 0.300 e. The zero-order valence-corrected chi connectivity index (χ0v) is 21.3. The maximum absolute atomic E-state index is 13.3. The van der Waals surface area contributed by atoms with E-state index in [-0.39, 0.29) is 11.3 Å². The third-order valence-corrected chi connectivity index (χ3v) is 6.66. The van der Waals surface area contributed by atoms with Crippen molar-refractivity contribution in [3.8, 4) is 11.5 Å². The van der Waals surface area contributed by atoms with Crippen molar-refractivity contribution in [1.29, 1.82) is 0 Å². The number of amides is 1. The zero-order valence-electron chi connectivity index (χ0n) is 20.5. The van der Waals surface area contributed by atoms with Crippen LogP contribution >= 0.6 is 11.6 Å². The second-order valence-electron chi connectivity index (χ2n) is 8.70. The standard InChI is InChI=1S/C31H24ClNO5/c1-37-26-18-22(14-17-25(26)32)29(34)27-28(33(31(36)30(27)35)23-10-6-3-7-11-23)21-12-15-24(16-13-21)38-19-20-8-4-2-5-9-20/h2-18,28,34H,19H2,1H3/b29-27-. The van der Waals surface area contributed by atoms with Crippen molar-refractivity contribution in [1.82, 2.24) is 0 Å². The quantitative estimate of drug-likeness (QED) is 0.168. The molecule has 6 nitrogen and oxygen atoms in total. The Morgan fingerprint density at radius 3 is 2.21 bits per heavy atom. The number of aliphatic hydroxyl groups excluding tert-OH is 1. The highest BCUT2D eigenvalue weighted by Crippen LogP contribution is 2.43. The number of carbonyl (C=O) groups is 2. The number of nitrogens with zero attached hydrogens (tertiary/aromatic N) is 1. The van der Waals surface area contributed by atoms with Crippen molar-refractivity contribution >= 4 is 34.7 Å². The second kappa shape index (κ2) is 10.8. The predicted octanol–water partition coefficient (Wildman–Crippen LogP) is 6.55. The van der Waals surface area contributed by atoms with E-state index in [1.54, 1.807) is 60.7 Å². The molecule has 0 aromatic heterocycles. The van der Waals surface area contributed by atoms with Gasteiger partial charge in [0, 0.05) is 11.3 Å². The molecular weight excluding hydrogens is 502 g/mol. The van der Waals surface area contributed by atoms with Gasteiger partial charge in [-0.1, -0.05) is 72.3 Å². The molecule has 4 aromatic rings. The van der Waals surface area contributed by atoms with Crippen LogP contribution in [-0.4, -0.2) is 23.9 Å². The molecule has 0 radical (unpaired) electrons. The van der Waals surface area contributed by atoms with Gasteiger partial charge >= 0.3 is 0 Å². The number of ether oxygens (including phenoxy) is 2. The summed E-state index contributed by atoms with van der Waals surface area (Å²) in [7, 11) is 1.46. The molecule has 190 valence electrons. The third kappa shape index (κ3) is 4.86. The van der Waals surface area contributed by atoms with Crippen molar-refractivity contribution in [2.75, 3.05) is 12.0 Å². The topological polar surface area (TPSA) is 76.1 Å². The molecular formula is C31H24ClNO5. The van der Waals surface area contributed by atoms with Gasteiger partial charge in [-0.05, 0) is 53.6 Å². The van der Waals surface area contributed by atoms with Crippen LogP contribution in [0.4, 0.5) is 5.69 Å². The van der Waals surface area contributed by atoms with Crippen LogP contribution in [0.1, 0.15) is 22.7 Å². The van der Waals surface area contributed by atoms with Crippen LogP contribution in [0.2, 0.25) is 5.02 Å². The van der Waals surface area contributed by atoms with Crippen molar-refractivity contribution in [3.05, 3.63) is 130 Å². The van der Waals surface area contributed by atoms with Gasteiger partial charge in [0.1, 0.15) is 23.9 Å². The minimum absolute atomic E-state index is 0.0267. The second-order valence-corrected chi connectivity index (χ2v) is 9.10. The van der Waals surface area contributed by atoms with Crippen molar-refractivity contribution in [3.63, 3.8) is 0 Å². The SMILES string of the molecule is COc1cc(/C(O)=C2/C(=O)C(=O)N(c3ccccc3)C2c2ccc(OCc3ccccc3)cc2)ccc1Cl. The number of aliphatic hydroxyl groups is 1. The Kier molecular flexibility index (Phi) is 7.15. The van der Waals surface area contributed by atoms with Gasteiger partial charge in [0.25, 0.3) is 11.7 Å². The Morgan fingerprint density at radius 1 is 0.895 bits per heavy atom. The summed E-state index contributed by atoms with van der Waals surface area (Å²) < 4.78 is 11.2. The fourth-order valence-electron chi connectivity index (χ4n) is 4.45. The molecule has 1 unspecified atom stereocenters. The number of anilines is 1. The van der Waals surface area contributed by atoms with Crippen LogP contribution in [0, 0.1) is 0 Å². The molecule has 0 aliphatic carbocycles. The molecule has 1 saturated heterocycles.